The van der Waals surface area contributed by atoms with Crippen LogP contribution < -0.4 is 0 Å². The van der Waals surface area contributed by atoms with Crippen molar-refractivity contribution in [3.63, 3.8) is 0 Å². The van der Waals surface area contributed by atoms with Gasteiger partial charge in [-0.2, -0.15) is 0 Å². The van der Waals surface area contributed by atoms with E-state index in [9.17, 15) is 0 Å². The molecule has 0 N–H and O–H groups in total. The molecule has 2 aliphatic carbocycles. The number of ether oxygens (including phenoxy) is 2. The predicted molar refractivity (Wildman–Crippen MR) is 58.1 cm³/mol. The zero-order chi connectivity index (χ0) is 10.1. The largest absolute Gasteiger partial charge is 0.469 e. The van der Waals surface area contributed by atoms with E-state index in [0.717, 1.165) is 6.42 Å². The Morgan fingerprint density at radius 1 is 1.33 bits per heavy atom. The van der Waals surface area contributed by atoms with Crippen molar-refractivity contribution < 1.29 is 9.47 Å². The number of hydrogen-bond acceptors (Lipinski definition) is 2. The molecule has 0 aromatic heterocycles. The van der Waals surface area contributed by atoms with Crippen molar-refractivity contribution in [1.82, 2.24) is 0 Å². The summed E-state index contributed by atoms with van der Waals surface area (Å²) in [5.74, 6) is 0.681. The third-order valence-electron chi connectivity index (χ3n) is 3.64. The minimum absolute atomic E-state index is 0.0276. The molecule has 0 saturated heterocycles. The lowest BCUT2D eigenvalue weighted by atomic mass is 9.94. The summed E-state index contributed by atoms with van der Waals surface area (Å²) < 4.78 is 11.5. The molecule has 0 bridgehead atoms. The summed E-state index contributed by atoms with van der Waals surface area (Å²) in [4.78, 5) is 0. The first-order valence-electron chi connectivity index (χ1n) is 5.73. The number of hydrogen-bond donors (Lipinski definition) is 0. The second-order valence-corrected chi connectivity index (χ2v) is 4.52. The standard InChI is InChI=1S/C13H16O2/c1-2-10-14-12(7-1)15-13-8-3-5-11(13)6-4-9-13/h1-3,7-8,10-12H,4-6,9H2. The topological polar surface area (TPSA) is 18.5 Å². The normalized spacial score (nSPS) is 41.9. The van der Waals surface area contributed by atoms with E-state index in [1.54, 1.807) is 6.26 Å². The highest BCUT2D eigenvalue weighted by Crippen LogP contribution is 2.46. The van der Waals surface area contributed by atoms with Crippen molar-refractivity contribution in [2.75, 3.05) is 0 Å². The van der Waals surface area contributed by atoms with Crippen molar-refractivity contribution in [3.8, 4) is 0 Å². The molecule has 3 rings (SSSR count). The Morgan fingerprint density at radius 2 is 2.33 bits per heavy atom. The van der Waals surface area contributed by atoms with Crippen LogP contribution in [0.3, 0.4) is 0 Å². The quantitative estimate of drug-likeness (QED) is 0.644. The van der Waals surface area contributed by atoms with Crippen LogP contribution >= 0.6 is 0 Å². The lowest BCUT2D eigenvalue weighted by Crippen LogP contribution is -2.36. The highest BCUT2D eigenvalue weighted by Gasteiger charge is 2.45. The number of fused-ring (bicyclic) bond motifs is 1. The molecule has 3 unspecified atom stereocenters. The summed E-state index contributed by atoms with van der Waals surface area (Å²) in [6, 6.07) is 0. The number of rotatable bonds is 2. The van der Waals surface area contributed by atoms with E-state index in [-0.39, 0.29) is 11.9 Å². The molecule has 1 aliphatic heterocycles. The van der Waals surface area contributed by atoms with Gasteiger partial charge in [-0.05, 0) is 43.8 Å². The summed E-state index contributed by atoms with van der Waals surface area (Å²) in [6.07, 6.45) is 16.7. The summed E-state index contributed by atoms with van der Waals surface area (Å²) >= 11 is 0. The van der Waals surface area contributed by atoms with Gasteiger partial charge in [0, 0.05) is 0 Å². The van der Waals surface area contributed by atoms with E-state index in [2.05, 4.69) is 12.2 Å². The summed E-state index contributed by atoms with van der Waals surface area (Å²) in [5.41, 5.74) is -0.0276. The molecule has 1 fully saturated rings. The van der Waals surface area contributed by atoms with Gasteiger partial charge < -0.3 is 9.47 Å². The first-order valence-corrected chi connectivity index (χ1v) is 5.73. The van der Waals surface area contributed by atoms with Gasteiger partial charge in [0.15, 0.2) is 0 Å². The van der Waals surface area contributed by atoms with Crippen LogP contribution in [-0.4, -0.2) is 11.9 Å². The zero-order valence-electron chi connectivity index (χ0n) is 8.76. The monoisotopic (exact) mass is 204 g/mol. The molecule has 3 aliphatic rings. The van der Waals surface area contributed by atoms with E-state index in [1.807, 2.05) is 18.2 Å². The van der Waals surface area contributed by atoms with Crippen LogP contribution in [0.4, 0.5) is 0 Å². The van der Waals surface area contributed by atoms with Crippen LogP contribution in [0.2, 0.25) is 0 Å². The van der Waals surface area contributed by atoms with Crippen LogP contribution in [0.1, 0.15) is 25.7 Å². The van der Waals surface area contributed by atoms with Gasteiger partial charge >= 0.3 is 0 Å². The molecule has 0 radical (unpaired) electrons. The highest BCUT2D eigenvalue weighted by atomic mass is 16.7. The minimum atomic E-state index is -0.196. The molecule has 0 amide bonds. The molecule has 1 saturated carbocycles. The predicted octanol–water partition coefficient (Wildman–Crippen LogP) is 2.93. The zero-order valence-corrected chi connectivity index (χ0v) is 8.76. The van der Waals surface area contributed by atoms with Gasteiger partial charge in [-0.3, -0.25) is 0 Å². The van der Waals surface area contributed by atoms with Crippen molar-refractivity contribution in [1.29, 1.82) is 0 Å². The van der Waals surface area contributed by atoms with Crippen molar-refractivity contribution in [2.24, 2.45) is 5.92 Å². The molecule has 2 heteroatoms. The SMILES string of the molecule is C1=COC(OC23C=CCC2CCC3)C=C1. The third kappa shape index (κ3) is 1.53. The molecular formula is C13H16O2. The molecular weight excluding hydrogens is 188 g/mol. The maximum absolute atomic E-state index is 6.12. The van der Waals surface area contributed by atoms with Gasteiger partial charge in [-0.25, -0.2) is 0 Å². The molecule has 0 aromatic rings. The van der Waals surface area contributed by atoms with E-state index in [1.165, 1.54) is 19.3 Å². The molecule has 3 atom stereocenters. The average molecular weight is 204 g/mol. The lowest BCUT2D eigenvalue weighted by molar-refractivity contribution is -0.155. The van der Waals surface area contributed by atoms with Gasteiger partial charge in [0.1, 0.15) is 0 Å². The van der Waals surface area contributed by atoms with Crippen LogP contribution in [0, 0.1) is 5.92 Å². The lowest BCUT2D eigenvalue weighted by Gasteiger charge is -2.32. The Balaban J connectivity index is 1.73. The Kier molecular flexibility index (Phi) is 2.17. The first-order chi connectivity index (χ1) is 7.39. The maximum atomic E-state index is 6.12. The Hall–Kier alpha value is -1.02. The molecule has 15 heavy (non-hydrogen) atoms. The van der Waals surface area contributed by atoms with E-state index >= 15 is 0 Å². The molecule has 80 valence electrons. The van der Waals surface area contributed by atoms with Gasteiger partial charge in [0.05, 0.1) is 11.9 Å². The van der Waals surface area contributed by atoms with Crippen LogP contribution in [0.25, 0.3) is 0 Å². The minimum Gasteiger partial charge on any atom is -0.469 e. The van der Waals surface area contributed by atoms with Crippen molar-refractivity contribution in [3.05, 3.63) is 36.6 Å². The van der Waals surface area contributed by atoms with Crippen LogP contribution in [0.15, 0.2) is 36.6 Å². The van der Waals surface area contributed by atoms with Gasteiger partial charge in [-0.15, -0.1) is 0 Å². The summed E-state index contributed by atoms with van der Waals surface area (Å²) in [5, 5.41) is 0. The Morgan fingerprint density at radius 3 is 3.20 bits per heavy atom. The summed E-state index contributed by atoms with van der Waals surface area (Å²) in [6.45, 7) is 0. The maximum Gasteiger partial charge on any atom is 0.219 e. The van der Waals surface area contributed by atoms with E-state index in [0.29, 0.717) is 5.92 Å². The average Bonchev–Trinajstić information content (AvgIpc) is 2.78. The van der Waals surface area contributed by atoms with E-state index < -0.39 is 0 Å². The molecule has 0 aromatic carbocycles. The molecule has 0 spiro atoms. The first kappa shape index (κ1) is 9.22. The fraction of sp³-hybridized carbons (Fsp3) is 0.538. The van der Waals surface area contributed by atoms with Crippen molar-refractivity contribution in [2.45, 2.75) is 37.6 Å². The van der Waals surface area contributed by atoms with Gasteiger partial charge in [-0.1, -0.05) is 18.2 Å². The van der Waals surface area contributed by atoms with Crippen LogP contribution in [-0.2, 0) is 9.47 Å². The molecule has 1 heterocycles. The second kappa shape index (κ2) is 3.53. The van der Waals surface area contributed by atoms with Gasteiger partial charge in [0.25, 0.3) is 0 Å². The van der Waals surface area contributed by atoms with E-state index in [4.69, 9.17) is 9.47 Å². The van der Waals surface area contributed by atoms with Crippen molar-refractivity contribution >= 4 is 0 Å². The third-order valence-corrected chi connectivity index (χ3v) is 3.64. The fourth-order valence-corrected chi connectivity index (χ4v) is 2.89. The van der Waals surface area contributed by atoms with Gasteiger partial charge in [0.2, 0.25) is 6.29 Å². The van der Waals surface area contributed by atoms with Crippen LogP contribution in [0.5, 0.6) is 0 Å². The fourth-order valence-electron chi connectivity index (χ4n) is 2.89. The summed E-state index contributed by atoms with van der Waals surface area (Å²) in [7, 11) is 0. The number of allylic oxidation sites excluding steroid dienone is 3. The Labute approximate surface area is 90.3 Å². The molecule has 2 nitrogen and oxygen atoms in total. The Bertz CT molecular complexity index is 329. The smallest absolute Gasteiger partial charge is 0.219 e. The highest BCUT2D eigenvalue weighted by molar-refractivity contribution is 5.17. The second-order valence-electron chi connectivity index (χ2n) is 4.52.